The van der Waals surface area contributed by atoms with E-state index in [2.05, 4.69) is 0 Å². The molecule has 5 heteroatoms. The highest BCUT2D eigenvalue weighted by atomic mass is 35.5. The number of hydrogen-bond acceptors (Lipinski definition) is 3. The zero-order chi connectivity index (χ0) is 13.8. The van der Waals surface area contributed by atoms with Gasteiger partial charge in [-0.3, -0.25) is 4.79 Å². The molecule has 0 saturated carbocycles. The number of carbonyl (C=O) groups excluding carboxylic acids is 1. The molecule has 1 heterocycles. The van der Waals surface area contributed by atoms with Crippen LogP contribution in [0, 0.1) is 23.1 Å². The zero-order valence-electron chi connectivity index (χ0n) is 10.2. The molecule has 0 spiro atoms. The standard InChI is InChI=1S/C14H13ClFNO2/c15-13-7-10(16)1-2-11(13)12(8-17)14(18)9-3-5-19-6-4-9/h1-2,7,9,12H,3-6H2. The number of ketones is 1. The first kappa shape index (κ1) is 14.0. The lowest BCUT2D eigenvalue weighted by molar-refractivity contribution is -0.126. The SMILES string of the molecule is N#CC(C(=O)C1CCOCC1)c1ccc(F)cc1Cl. The summed E-state index contributed by atoms with van der Waals surface area (Å²) in [7, 11) is 0. The number of Topliss-reactive ketones (excluding diaryl/α,β-unsaturated/α-hetero) is 1. The summed E-state index contributed by atoms with van der Waals surface area (Å²) in [5, 5.41) is 9.34. The van der Waals surface area contributed by atoms with Crippen molar-refractivity contribution >= 4 is 17.4 Å². The molecule has 19 heavy (non-hydrogen) atoms. The van der Waals surface area contributed by atoms with Crippen LogP contribution in [0.25, 0.3) is 0 Å². The van der Waals surface area contributed by atoms with Crippen LogP contribution in [-0.4, -0.2) is 19.0 Å². The van der Waals surface area contributed by atoms with Crippen molar-refractivity contribution in [3.63, 3.8) is 0 Å². The van der Waals surface area contributed by atoms with E-state index in [0.717, 1.165) is 6.07 Å². The van der Waals surface area contributed by atoms with Crippen molar-refractivity contribution in [2.75, 3.05) is 13.2 Å². The minimum absolute atomic E-state index is 0.118. The molecule has 1 fully saturated rings. The molecule has 0 radical (unpaired) electrons. The molecule has 1 saturated heterocycles. The Bertz CT molecular complexity index is 521. The molecular formula is C14H13ClFNO2. The van der Waals surface area contributed by atoms with E-state index in [1.54, 1.807) is 0 Å². The minimum atomic E-state index is -0.934. The van der Waals surface area contributed by atoms with Crippen molar-refractivity contribution in [2.45, 2.75) is 18.8 Å². The van der Waals surface area contributed by atoms with Crippen LogP contribution < -0.4 is 0 Å². The molecule has 1 atom stereocenters. The van der Waals surface area contributed by atoms with Crippen LogP contribution >= 0.6 is 11.6 Å². The monoisotopic (exact) mass is 281 g/mol. The van der Waals surface area contributed by atoms with Crippen molar-refractivity contribution in [3.8, 4) is 6.07 Å². The van der Waals surface area contributed by atoms with Crippen LogP contribution in [0.1, 0.15) is 24.3 Å². The molecular weight excluding hydrogens is 269 g/mol. The van der Waals surface area contributed by atoms with Crippen molar-refractivity contribution in [1.82, 2.24) is 0 Å². The maximum Gasteiger partial charge on any atom is 0.157 e. The highest BCUT2D eigenvalue weighted by molar-refractivity contribution is 6.31. The predicted octanol–water partition coefficient (Wildman–Crippen LogP) is 3.08. The van der Waals surface area contributed by atoms with Gasteiger partial charge in [0.25, 0.3) is 0 Å². The van der Waals surface area contributed by atoms with Crippen molar-refractivity contribution in [2.24, 2.45) is 5.92 Å². The third-order valence-electron chi connectivity index (χ3n) is 3.31. The fourth-order valence-corrected chi connectivity index (χ4v) is 2.52. The van der Waals surface area contributed by atoms with E-state index in [1.165, 1.54) is 12.1 Å². The summed E-state index contributed by atoms with van der Waals surface area (Å²) in [6.07, 6.45) is 1.24. The van der Waals surface area contributed by atoms with E-state index in [1.807, 2.05) is 6.07 Å². The Morgan fingerprint density at radius 3 is 2.74 bits per heavy atom. The van der Waals surface area contributed by atoms with Gasteiger partial charge in [-0.1, -0.05) is 17.7 Å². The largest absolute Gasteiger partial charge is 0.381 e. The molecule has 1 aliphatic rings. The van der Waals surface area contributed by atoms with Crippen LogP contribution in [-0.2, 0) is 9.53 Å². The first-order valence-corrected chi connectivity index (χ1v) is 6.47. The molecule has 1 aliphatic heterocycles. The van der Waals surface area contributed by atoms with E-state index in [0.29, 0.717) is 31.6 Å². The van der Waals surface area contributed by atoms with Gasteiger partial charge < -0.3 is 4.74 Å². The maximum absolute atomic E-state index is 13.0. The van der Waals surface area contributed by atoms with E-state index < -0.39 is 11.7 Å². The molecule has 100 valence electrons. The summed E-state index contributed by atoms with van der Waals surface area (Å²) in [6.45, 7) is 1.07. The predicted molar refractivity (Wildman–Crippen MR) is 68.3 cm³/mol. The number of halogens is 2. The first-order valence-electron chi connectivity index (χ1n) is 6.09. The maximum atomic E-state index is 13.0. The van der Waals surface area contributed by atoms with Crippen molar-refractivity contribution < 1.29 is 13.9 Å². The second-order valence-corrected chi connectivity index (χ2v) is 4.92. The highest BCUT2D eigenvalue weighted by Crippen LogP contribution is 2.30. The molecule has 0 bridgehead atoms. The first-order chi connectivity index (χ1) is 9.13. The summed E-state index contributed by atoms with van der Waals surface area (Å²) in [5.74, 6) is -1.75. The fourth-order valence-electron chi connectivity index (χ4n) is 2.24. The van der Waals surface area contributed by atoms with Gasteiger partial charge in [-0.2, -0.15) is 5.26 Å². The van der Waals surface area contributed by atoms with Gasteiger partial charge in [-0.15, -0.1) is 0 Å². The number of nitriles is 1. The number of benzene rings is 1. The molecule has 1 aromatic rings. The van der Waals surface area contributed by atoms with Gasteiger partial charge in [0.2, 0.25) is 0 Å². The minimum Gasteiger partial charge on any atom is -0.381 e. The summed E-state index contributed by atoms with van der Waals surface area (Å²) < 4.78 is 18.2. The van der Waals surface area contributed by atoms with Gasteiger partial charge in [-0.05, 0) is 30.5 Å². The third kappa shape index (κ3) is 3.12. The number of carbonyl (C=O) groups is 1. The molecule has 0 N–H and O–H groups in total. The quantitative estimate of drug-likeness (QED) is 0.855. The fraction of sp³-hybridized carbons (Fsp3) is 0.429. The Balaban J connectivity index is 2.24. The normalized spacial score (nSPS) is 17.7. The van der Waals surface area contributed by atoms with Crippen LogP contribution in [0.3, 0.4) is 0 Å². The molecule has 0 aromatic heterocycles. The lowest BCUT2D eigenvalue weighted by Gasteiger charge is -2.23. The molecule has 0 aliphatic carbocycles. The van der Waals surface area contributed by atoms with Crippen molar-refractivity contribution in [1.29, 1.82) is 5.26 Å². The molecule has 0 amide bonds. The Kier molecular flexibility index (Phi) is 4.52. The van der Waals surface area contributed by atoms with Gasteiger partial charge in [0, 0.05) is 24.2 Å². The molecule has 3 nitrogen and oxygen atoms in total. The Morgan fingerprint density at radius 1 is 1.47 bits per heavy atom. The number of hydrogen-bond donors (Lipinski definition) is 0. The van der Waals surface area contributed by atoms with E-state index >= 15 is 0 Å². The Hall–Kier alpha value is -1.44. The average Bonchev–Trinajstić information content (AvgIpc) is 2.42. The lowest BCUT2D eigenvalue weighted by atomic mass is 9.84. The van der Waals surface area contributed by atoms with Gasteiger partial charge in [0.15, 0.2) is 5.78 Å². The molecule has 1 aromatic carbocycles. The van der Waals surface area contributed by atoms with Crippen LogP contribution in [0.5, 0.6) is 0 Å². The number of ether oxygens (including phenoxy) is 1. The number of nitrogens with zero attached hydrogens (tertiary/aromatic N) is 1. The highest BCUT2D eigenvalue weighted by Gasteiger charge is 2.30. The summed E-state index contributed by atoms with van der Waals surface area (Å²) in [5.41, 5.74) is 0.377. The third-order valence-corrected chi connectivity index (χ3v) is 3.64. The zero-order valence-corrected chi connectivity index (χ0v) is 11.0. The van der Waals surface area contributed by atoms with Gasteiger partial charge in [0.05, 0.1) is 6.07 Å². The summed E-state index contributed by atoms with van der Waals surface area (Å²) >= 11 is 5.92. The van der Waals surface area contributed by atoms with E-state index in [-0.39, 0.29) is 16.7 Å². The van der Waals surface area contributed by atoms with Crippen molar-refractivity contribution in [3.05, 3.63) is 34.6 Å². The Labute approximate surface area is 115 Å². The van der Waals surface area contributed by atoms with E-state index in [4.69, 9.17) is 16.3 Å². The number of rotatable bonds is 3. The van der Waals surface area contributed by atoms with Gasteiger partial charge >= 0.3 is 0 Å². The summed E-state index contributed by atoms with van der Waals surface area (Å²) in [6, 6.07) is 5.72. The Morgan fingerprint density at radius 2 is 2.16 bits per heavy atom. The second kappa shape index (κ2) is 6.14. The van der Waals surface area contributed by atoms with Crippen LogP contribution in [0.4, 0.5) is 4.39 Å². The lowest BCUT2D eigenvalue weighted by Crippen LogP contribution is -2.27. The smallest absolute Gasteiger partial charge is 0.157 e. The van der Waals surface area contributed by atoms with Crippen LogP contribution in [0.2, 0.25) is 5.02 Å². The summed E-state index contributed by atoms with van der Waals surface area (Å²) in [4.78, 5) is 12.3. The molecule has 2 rings (SSSR count). The van der Waals surface area contributed by atoms with E-state index in [9.17, 15) is 14.4 Å². The second-order valence-electron chi connectivity index (χ2n) is 4.52. The van der Waals surface area contributed by atoms with Gasteiger partial charge in [-0.25, -0.2) is 4.39 Å². The topological polar surface area (TPSA) is 50.1 Å². The van der Waals surface area contributed by atoms with Gasteiger partial charge in [0.1, 0.15) is 11.7 Å². The molecule has 1 unspecified atom stereocenters. The average molecular weight is 282 g/mol. The van der Waals surface area contributed by atoms with Crippen LogP contribution in [0.15, 0.2) is 18.2 Å².